The van der Waals surface area contributed by atoms with Crippen molar-refractivity contribution in [3.63, 3.8) is 0 Å². The lowest BCUT2D eigenvalue weighted by molar-refractivity contribution is 0.176. The molecule has 4 rings (SSSR count). The van der Waals surface area contributed by atoms with Crippen LogP contribution >= 0.6 is 23.2 Å². The predicted molar refractivity (Wildman–Crippen MR) is 141 cm³/mol. The van der Waals surface area contributed by atoms with Gasteiger partial charge in [-0.2, -0.15) is 0 Å². The number of halogens is 2. The van der Waals surface area contributed by atoms with Crippen molar-refractivity contribution in [1.82, 2.24) is 10.2 Å². The molecule has 1 aliphatic rings. The molecule has 2 nitrogen and oxygen atoms in total. The minimum Gasteiger partial charge on any atom is -0.310 e. The third kappa shape index (κ3) is 7.58. The molecule has 3 aromatic rings. The molecule has 1 atom stereocenters. The van der Waals surface area contributed by atoms with Crippen molar-refractivity contribution in [2.75, 3.05) is 26.2 Å². The van der Waals surface area contributed by atoms with Crippen molar-refractivity contribution < 1.29 is 0 Å². The standard InChI is InChI=1S/C29H34Cl2N2/c30-27-12-11-24(22-28(27)31)13-17-32-29(26-9-5-2-6-10-26)16-20-33-18-14-25(15-19-33)21-23-7-3-1-4-8-23/h1-12,22,25,29,32H,13-21H2. The van der Waals surface area contributed by atoms with Crippen LogP contribution in [0.1, 0.15) is 42.0 Å². The molecule has 4 heteroatoms. The molecule has 0 aromatic heterocycles. The number of piperidine rings is 1. The maximum atomic E-state index is 6.18. The van der Waals surface area contributed by atoms with E-state index in [0.29, 0.717) is 16.1 Å². The van der Waals surface area contributed by atoms with Gasteiger partial charge in [-0.3, -0.25) is 0 Å². The Morgan fingerprint density at radius 2 is 1.52 bits per heavy atom. The zero-order valence-corrected chi connectivity index (χ0v) is 20.7. The Labute approximate surface area is 208 Å². The van der Waals surface area contributed by atoms with E-state index in [-0.39, 0.29) is 0 Å². The Kier molecular flexibility index (Phi) is 9.26. The van der Waals surface area contributed by atoms with E-state index in [9.17, 15) is 0 Å². The number of hydrogen-bond donors (Lipinski definition) is 1. The maximum Gasteiger partial charge on any atom is 0.0595 e. The van der Waals surface area contributed by atoms with Gasteiger partial charge in [0.05, 0.1) is 10.0 Å². The van der Waals surface area contributed by atoms with Crippen LogP contribution in [0.15, 0.2) is 78.9 Å². The molecule has 0 spiro atoms. The van der Waals surface area contributed by atoms with E-state index in [1.165, 1.54) is 49.0 Å². The summed E-state index contributed by atoms with van der Waals surface area (Å²) in [7, 11) is 0. The summed E-state index contributed by atoms with van der Waals surface area (Å²) in [5.41, 5.74) is 4.06. The normalized spacial score (nSPS) is 16.1. The zero-order chi connectivity index (χ0) is 22.9. The highest BCUT2D eigenvalue weighted by molar-refractivity contribution is 6.42. The summed E-state index contributed by atoms with van der Waals surface area (Å²) in [4.78, 5) is 2.65. The Hall–Kier alpha value is -1.84. The van der Waals surface area contributed by atoms with Crippen molar-refractivity contribution in [3.05, 3.63) is 106 Å². The van der Waals surface area contributed by atoms with Crippen LogP contribution in [0.25, 0.3) is 0 Å². The second-order valence-electron chi connectivity index (χ2n) is 9.18. The van der Waals surface area contributed by atoms with Crippen LogP contribution in [0.5, 0.6) is 0 Å². The molecule has 1 heterocycles. The molecule has 1 fully saturated rings. The van der Waals surface area contributed by atoms with E-state index < -0.39 is 0 Å². The van der Waals surface area contributed by atoms with Crippen molar-refractivity contribution in [1.29, 1.82) is 0 Å². The predicted octanol–water partition coefficient (Wildman–Crippen LogP) is 7.21. The molecule has 174 valence electrons. The zero-order valence-electron chi connectivity index (χ0n) is 19.2. The smallest absolute Gasteiger partial charge is 0.0595 e. The monoisotopic (exact) mass is 480 g/mol. The molecule has 1 N–H and O–H groups in total. The summed E-state index contributed by atoms with van der Waals surface area (Å²) < 4.78 is 0. The Morgan fingerprint density at radius 3 is 2.21 bits per heavy atom. The fourth-order valence-electron chi connectivity index (χ4n) is 4.83. The summed E-state index contributed by atoms with van der Waals surface area (Å²) in [6.07, 6.45) is 5.88. The van der Waals surface area contributed by atoms with Gasteiger partial charge in [0.2, 0.25) is 0 Å². The number of hydrogen-bond acceptors (Lipinski definition) is 2. The van der Waals surface area contributed by atoms with Gasteiger partial charge in [-0.05, 0) is 93.0 Å². The highest BCUT2D eigenvalue weighted by Crippen LogP contribution is 2.25. The minimum absolute atomic E-state index is 0.357. The highest BCUT2D eigenvalue weighted by Gasteiger charge is 2.20. The third-order valence-electron chi connectivity index (χ3n) is 6.80. The quantitative estimate of drug-likeness (QED) is 0.329. The summed E-state index contributed by atoms with van der Waals surface area (Å²) in [6.45, 7) is 4.47. The molecule has 1 unspecified atom stereocenters. The van der Waals surface area contributed by atoms with Crippen LogP contribution in [0.2, 0.25) is 10.0 Å². The molecule has 0 amide bonds. The molecule has 0 radical (unpaired) electrons. The first-order valence-corrected chi connectivity index (χ1v) is 12.9. The van der Waals surface area contributed by atoms with E-state index in [1.54, 1.807) is 0 Å². The first-order chi connectivity index (χ1) is 16.2. The van der Waals surface area contributed by atoms with E-state index in [4.69, 9.17) is 23.2 Å². The van der Waals surface area contributed by atoms with Crippen LogP contribution < -0.4 is 5.32 Å². The van der Waals surface area contributed by atoms with Gasteiger partial charge in [0, 0.05) is 6.04 Å². The van der Waals surface area contributed by atoms with Gasteiger partial charge < -0.3 is 10.2 Å². The lowest BCUT2D eigenvalue weighted by Crippen LogP contribution is -2.37. The van der Waals surface area contributed by atoms with Crippen molar-refractivity contribution in [2.24, 2.45) is 5.92 Å². The average molecular weight is 482 g/mol. The maximum absolute atomic E-state index is 6.18. The summed E-state index contributed by atoms with van der Waals surface area (Å²) >= 11 is 12.2. The van der Waals surface area contributed by atoms with Crippen molar-refractivity contribution in [2.45, 2.75) is 38.1 Å². The molecule has 1 saturated heterocycles. The summed E-state index contributed by atoms with van der Waals surface area (Å²) in [6, 6.07) is 28.1. The van der Waals surface area contributed by atoms with Gasteiger partial charge in [-0.1, -0.05) is 89.9 Å². The molecule has 3 aromatic carbocycles. The van der Waals surface area contributed by atoms with Gasteiger partial charge in [-0.25, -0.2) is 0 Å². The molecule has 0 saturated carbocycles. The van der Waals surface area contributed by atoms with Crippen molar-refractivity contribution in [3.8, 4) is 0 Å². The lowest BCUT2D eigenvalue weighted by atomic mass is 9.90. The van der Waals surface area contributed by atoms with Gasteiger partial charge in [0.15, 0.2) is 0 Å². The van der Waals surface area contributed by atoms with Crippen LogP contribution in [-0.4, -0.2) is 31.1 Å². The number of nitrogens with zero attached hydrogens (tertiary/aromatic N) is 1. The molecule has 33 heavy (non-hydrogen) atoms. The number of benzene rings is 3. The Morgan fingerprint density at radius 1 is 0.818 bits per heavy atom. The van der Waals surface area contributed by atoms with E-state index >= 15 is 0 Å². The lowest BCUT2D eigenvalue weighted by Gasteiger charge is -2.33. The summed E-state index contributed by atoms with van der Waals surface area (Å²) in [5.74, 6) is 0.817. The van der Waals surface area contributed by atoms with Gasteiger partial charge in [-0.15, -0.1) is 0 Å². The van der Waals surface area contributed by atoms with Crippen LogP contribution in [0.4, 0.5) is 0 Å². The minimum atomic E-state index is 0.357. The van der Waals surface area contributed by atoms with E-state index in [0.717, 1.165) is 31.8 Å². The van der Waals surface area contributed by atoms with Crippen LogP contribution in [0.3, 0.4) is 0 Å². The van der Waals surface area contributed by atoms with Gasteiger partial charge in [0.25, 0.3) is 0 Å². The molecule has 0 bridgehead atoms. The van der Waals surface area contributed by atoms with Gasteiger partial charge in [0.1, 0.15) is 0 Å². The van der Waals surface area contributed by atoms with E-state index in [2.05, 4.69) is 76.9 Å². The topological polar surface area (TPSA) is 15.3 Å². The fraction of sp³-hybridized carbons (Fsp3) is 0.379. The number of likely N-dealkylation sites (tertiary alicyclic amines) is 1. The van der Waals surface area contributed by atoms with Crippen LogP contribution in [0, 0.1) is 5.92 Å². The Balaban J connectivity index is 1.26. The second-order valence-corrected chi connectivity index (χ2v) is 9.99. The SMILES string of the molecule is Clc1ccc(CCNC(CCN2CCC(Cc3ccccc3)CC2)c2ccccc2)cc1Cl. The largest absolute Gasteiger partial charge is 0.310 e. The van der Waals surface area contributed by atoms with Crippen LogP contribution in [-0.2, 0) is 12.8 Å². The third-order valence-corrected chi connectivity index (χ3v) is 7.54. The molecule has 1 aliphatic heterocycles. The second kappa shape index (κ2) is 12.6. The Bertz CT molecular complexity index is 969. The average Bonchev–Trinajstić information content (AvgIpc) is 2.85. The van der Waals surface area contributed by atoms with Crippen molar-refractivity contribution >= 4 is 23.2 Å². The number of nitrogens with one attached hydrogen (secondary N) is 1. The van der Waals surface area contributed by atoms with Gasteiger partial charge >= 0.3 is 0 Å². The highest BCUT2D eigenvalue weighted by atomic mass is 35.5. The molecule has 0 aliphatic carbocycles. The molecular weight excluding hydrogens is 447 g/mol. The van der Waals surface area contributed by atoms with E-state index in [1.807, 2.05) is 12.1 Å². The molecular formula is C29H34Cl2N2. The first-order valence-electron chi connectivity index (χ1n) is 12.2. The summed E-state index contributed by atoms with van der Waals surface area (Å²) in [5, 5.41) is 5.04. The number of rotatable bonds is 10. The fourth-order valence-corrected chi connectivity index (χ4v) is 5.15. The first kappa shape index (κ1) is 24.3.